The van der Waals surface area contributed by atoms with Crippen molar-refractivity contribution in [2.45, 2.75) is 57.8 Å². The Balaban J connectivity index is 1.29. The van der Waals surface area contributed by atoms with Crippen LogP contribution < -0.4 is 5.32 Å². The van der Waals surface area contributed by atoms with Crippen LogP contribution in [0.15, 0.2) is 0 Å². The van der Waals surface area contributed by atoms with Gasteiger partial charge in [0.05, 0.1) is 0 Å². The van der Waals surface area contributed by atoms with Gasteiger partial charge in [-0.1, -0.05) is 32.1 Å². The molecule has 2 saturated carbocycles. The summed E-state index contributed by atoms with van der Waals surface area (Å²) in [5, 5.41) is 3.57. The highest BCUT2D eigenvalue weighted by molar-refractivity contribution is 4.73. The van der Waals surface area contributed by atoms with Gasteiger partial charge in [0.15, 0.2) is 0 Å². The molecular weight excluding hydrogens is 170 g/mol. The van der Waals surface area contributed by atoms with Crippen LogP contribution in [0, 0.1) is 11.8 Å². The third-order valence-electron chi connectivity index (χ3n) is 3.85. The van der Waals surface area contributed by atoms with Gasteiger partial charge >= 0.3 is 0 Å². The Morgan fingerprint density at radius 2 is 1.36 bits per heavy atom. The summed E-state index contributed by atoms with van der Waals surface area (Å²) in [6, 6.07) is 0. The summed E-state index contributed by atoms with van der Waals surface area (Å²) in [4.78, 5) is 0. The smallest absolute Gasteiger partial charge is 0.00488 e. The summed E-state index contributed by atoms with van der Waals surface area (Å²) < 4.78 is 0. The third kappa shape index (κ3) is 4.00. The molecule has 0 spiro atoms. The average molecular weight is 195 g/mol. The van der Waals surface area contributed by atoms with Crippen LogP contribution in [0.3, 0.4) is 0 Å². The lowest BCUT2D eigenvalue weighted by Crippen LogP contribution is -2.19. The Morgan fingerprint density at radius 3 is 1.79 bits per heavy atom. The van der Waals surface area contributed by atoms with E-state index in [0.29, 0.717) is 0 Å². The Hall–Kier alpha value is -0.0400. The molecule has 2 aliphatic rings. The molecule has 0 aromatic heterocycles. The van der Waals surface area contributed by atoms with E-state index >= 15 is 0 Å². The van der Waals surface area contributed by atoms with Crippen LogP contribution in [-0.2, 0) is 0 Å². The lowest BCUT2D eigenvalue weighted by Gasteiger charge is -2.25. The largest absolute Gasteiger partial charge is 0.317 e. The van der Waals surface area contributed by atoms with Gasteiger partial charge in [-0.25, -0.2) is 0 Å². The summed E-state index contributed by atoms with van der Waals surface area (Å²) in [5.41, 5.74) is 0. The predicted molar refractivity (Wildman–Crippen MR) is 61.4 cm³/mol. The van der Waals surface area contributed by atoms with E-state index in [9.17, 15) is 0 Å². The molecule has 82 valence electrons. The molecule has 1 N–H and O–H groups in total. The van der Waals surface area contributed by atoms with Crippen LogP contribution >= 0.6 is 0 Å². The maximum Gasteiger partial charge on any atom is -0.00488 e. The molecule has 0 bridgehead atoms. The molecule has 1 nitrogen and oxygen atoms in total. The molecule has 2 fully saturated rings. The first-order chi connectivity index (χ1) is 6.95. The SMILES string of the molecule is C(CNCCCC1CC1)CC1CCC1. The van der Waals surface area contributed by atoms with Crippen LogP contribution in [0.2, 0.25) is 0 Å². The van der Waals surface area contributed by atoms with Crippen LogP contribution in [0.4, 0.5) is 0 Å². The first-order valence-electron chi connectivity index (χ1n) is 6.66. The number of hydrogen-bond donors (Lipinski definition) is 1. The van der Waals surface area contributed by atoms with Crippen molar-refractivity contribution < 1.29 is 0 Å². The molecule has 0 saturated heterocycles. The second-order valence-corrected chi connectivity index (χ2v) is 5.27. The molecule has 2 aliphatic carbocycles. The minimum absolute atomic E-state index is 1.10. The van der Waals surface area contributed by atoms with Gasteiger partial charge in [-0.05, 0) is 50.6 Å². The van der Waals surface area contributed by atoms with Gasteiger partial charge in [0.25, 0.3) is 0 Å². The molecule has 0 heterocycles. The van der Waals surface area contributed by atoms with Gasteiger partial charge in [0.1, 0.15) is 0 Å². The van der Waals surface area contributed by atoms with E-state index in [-0.39, 0.29) is 0 Å². The monoisotopic (exact) mass is 195 g/mol. The second kappa shape index (κ2) is 5.75. The van der Waals surface area contributed by atoms with Gasteiger partial charge in [-0.2, -0.15) is 0 Å². The normalized spacial score (nSPS) is 22.3. The quantitative estimate of drug-likeness (QED) is 0.586. The van der Waals surface area contributed by atoms with Crippen molar-refractivity contribution in [2.75, 3.05) is 13.1 Å². The fraction of sp³-hybridized carbons (Fsp3) is 1.00. The molecule has 14 heavy (non-hydrogen) atoms. The van der Waals surface area contributed by atoms with Crippen LogP contribution in [-0.4, -0.2) is 13.1 Å². The van der Waals surface area contributed by atoms with Crippen molar-refractivity contribution >= 4 is 0 Å². The lowest BCUT2D eigenvalue weighted by molar-refractivity contribution is 0.288. The topological polar surface area (TPSA) is 12.0 Å². The highest BCUT2D eigenvalue weighted by Crippen LogP contribution is 2.33. The Bertz CT molecular complexity index is 147. The predicted octanol–water partition coefficient (Wildman–Crippen LogP) is 3.35. The fourth-order valence-corrected chi connectivity index (χ4v) is 2.34. The van der Waals surface area contributed by atoms with Crippen molar-refractivity contribution in [1.29, 1.82) is 0 Å². The molecule has 0 aromatic rings. The van der Waals surface area contributed by atoms with E-state index in [1.165, 1.54) is 70.9 Å². The second-order valence-electron chi connectivity index (χ2n) is 5.27. The zero-order chi connectivity index (χ0) is 9.64. The molecule has 2 rings (SSSR count). The van der Waals surface area contributed by atoms with E-state index in [4.69, 9.17) is 0 Å². The minimum Gasteiger partial charge on any atom is -0.317 e. The van der Waals surface area contributed by atoms with Crippen molar-refractivity contribution in [2.24, 2.45) is 11.8 Å². The third-order valence-corrected chi connectivity index (χ3v) is 3.85. The standard InChI is InChI=1S/C13H25N/c1-4-12(5-1)6-2-10-14-11-3-7-13-8-9-13/h12-14H,1-11H2. The zero-order valence-corrected chi connectivity index (χ0v) is 9.43. The first kappa shape index (κ1) is 10.5. The molecule has 0 amide bonds. The summed E-state index contributed by atoms with van der Waals surface area (Å²) in [6.07, 6.45) is 13.3. The average Bonchev–Trinajstić information content (AvgIpc) is 2.90. The number of rotatable bonds is 8. The summed E-state index contributed by atoms with van der Waals surface area (Å²) >= 11 is 0. The highest BCUT2D eigenvalue weighted by atomic mass is 14.8. The molecule has 0 atom stereocenters. The van der Waals surface area contributed by atoms with Crippen LogP contribution in [0.25, 0.3) is 0 Å². The molecular formula is C13H25N. The number of nitrogens with one attached hydrogen (secondary N) is 1. The molecule has 0 unspecified atom stereocenters. The van der Waals surface area contributed by atoms with Crippen molar-refractivity contribution in [3.63, 3.8) is 0 Å². The van der Waals surface area contributed by atoms with Gasteiger partial charge in [0.2, 0.25) is 0 Å². The van der Waals surface area contributed by atoms with Gasteiger partial charge in [-0.3, -0.25) is 0 Å². The van der Waals surface area contributed by atoms with E-state index in [2.05, 4.69) is 5.32 Å². The van der Waals surface area contributed by atoms with Gasteiger partial charge < -0.3 is 5.32 Å². The van der Waals surface area contributed by atoms with Crippen molar-refractivity contribution in [3.05, 3.63) is 0 Å². The highest BCUT2D eigenvalue weighted by Gasteiger charge is 2.19. The van der Waals surface area contributed by atoms with E-state index in [1.54, 1.807) is 0 Å². The molecule has 1 heteroatoms. The van der Waals surface area contributed by atoms with Gasteiger partial charge in [0, 0.05) is 0 Å². The number of hydrogen-bond acceptors (Lipinski definition) is 1. The van der Waals surface area contributed by atoms with Crippen molar-refractivity contribution in [3.8, 4) is 0 Å². The van der Waals surface area contributed by atoms with Crippen LogP contribution in [0.5, 0.6) is 0 Å². The lowest BCUT2D eigenvalue weighted by atomic mass is 9.82. The fourth-order valence-electron chi connectivity index (χ4n) is 2.34. The van der Waals surface area contributed by atoms with Crippen molar-refractivity contribution in [1.82, 2.24) is 5.32 Å². The maximum absolute atomic E-state index is 3.57. The summed E-state index contributed by atoms with van der Waals surface area (Å²) in [7, 11) is 0. The Morgan fingerprint density at radius 1 is 0.786 bits per heavy atom. The van der Waals surface area contributed by atoms with Crippen LogP contribution in [0.1, 0.15) is 57.8 Å². The zero-order valence-electron chi connectivity index (χ0n) is 9.43. The summed E-state index contributed by atoms with van der Waals surface area (Å²) in [6.45, 7) is 2.53. The molecule has 0 radical (unpaired) electrons. The summed E-state index contributed by atoms with van der Waals surface area (Å²) in [5.74, 6) is 2.22. The maximum atomic E-state index is 3.57. The van der Waals surface area contributed by atoms with E-state index in [1.807, 2.05) is 0 Å². The first-order valence-corrected chi connectivity index (χ1v) is 6.66. The molecule has 0 aliphatic heterocycles. The Kier molecular flexibility index (Phi) is 4.30. The van der Waals surface area contributed by atoms with Gasteiger partial charge in [-0.15, -0.1) is 0 Å². The molecule has 0 aromatic carbocycles. The van der Waals surface area contributed by atoms with E-state index < -0.39 is 0 Å². The minimum atomic E-state index is 1.10. The Labute approximate surface area is 88.7 Å². The van der Waals surface area contributed by atoms with E-state index in [0.717, 1.165) is 11.8 Å².